The Hall–Kier alpha value is -0.490. The van der Waals surface area contributed by atoms with Gasteiger partial charge in [0.25, 0.3) is 0 Å². The Morgan fingerprint density at radius 1 is 1.35 bits per heavy atom. The van der Waals surface area contributed by atoms with Gasteiger partial charge in [0, 0.05) is 11.3 Å². The van der Waals surface area contributed by atoms with Crippen LogP contribution in [0.5, 0.6) is 0 Å². The molecule has 0 aliphatic rings. The summed E-state index contributed by atoms with van der Waals surface area (Å²) in [5.41, 5.74) is 0. The van der Waals surface area contributed by atoms with Crippen molar-refractivity contribution in [2.75, 3.05) is 13.2 Å². The van der Waals surface area contributed by atoms with Crippen molar-refractivity contribution < 1.29 is 9.53 Å². The third-order valence-electron chi connectivity index (χ3n) is 2.15. The fourth-order valence-corrected chi connectivity index (χ4v) is 3.33. The second-order valence-corrected chi connectivity index (χ2v) is 6.90. The third kappa shape index (κ3) is 4.03. The Morgan fingerprint density at radius 2 is 2.24 bits per heavy atom. The van der Waals surface area contributed by atoms with E-state index in [1.165, 1.54) is 16.2 Å². The van der Waals surface area contributed by atoms with Crippen molar-refractivity contribution in [2.45, 2.75) is 6.42 Å². The molecule has 0 aliphatic heterocycles. The molecule has 2 nitrogen and oxygen atoms in total. The molecule has 0 aromatic carbocycles. The molecule has 0 atom stereocenters. The number of halogens is 1. The minimum Gasteiger partial charge on any atom is -0.373 e. The lowest BCUT2D eigenvalue weighted by atomic mass is 10.3. The highest BCUT2D eigenvalue weighted by Crippen LogP contribution is 2.22. The number of carbonyl (C=O) groups is 1. The Bertz CT molecular complexity index is 476. The molecule has 0 radical (unpaired) electrons. The molecular weight excluding hydrogens is 320 g/mol. The van der Waals surface area contributed by atoms with Crippen LogP contribution >= 0.6 is 38.6 Å². The zero-order valence-corrected chi connectivity index (χ0v) is 12.2. The average Bonchev–Trinajstić information content (AvgIpc) is 2.95. The molecule has 0 saturated carbocycles. The van der Waals surface area contributed by atoms with Gasteiger partial charge in [-0.15, -0.1) is 22.7 Å². The molecule has 5 heteroatoms. The maximum Gasteiger partial charge on any atom is 0.198 e. The normalized spacial score (nSPS) is 10.6. The second kappa shape index (κ2) is 6.44. The first kappa shape index (κ1) is 13.0. The fourth-order valence-electron chi connectivity index (χ4n) is 1.33. The second-order valence-electron chi connectivity index (χ2n) is 3.41. The number of thiophene rings is 2. The number of rotatable bonds is 6. The van der Waals surface area contributed by atoms with Crippen LogP contribution in [0.25, 0.3) is 0 Å². The topological polar surface area (TPSA) is 26.3 Å². The summed E-state index contributed by atoms with van der Waals surface area (Å²) in [6.45, 7) is 0.761. The Kier molecular flexibility index (Phi) is 4.91. The maximum absolute atomic E-state index is 11.7. The summed E-state index contributed by atoms with van der Waals surface area (Å²) in [5.74, 6) is 0.0480. The number of carbonyl (C=O) groups excluding carboxylic acids is 1. The van der Waals surface area contributed by atoms with Crippen molar-refractivity contribution in [3.63, 3.8) is 0 Å². The van der Waals surface area contributed by atoms with Crippen LogP contribution in [-0.4, -0.2) is 19.0 Å². The van der Waals surface area contributed by atoms with Crippen molar-refractivity contribution >= 4 is 44.4 Å². The molecule has 2 aromatic rings. The summed E-state index contributed by atoms with van der Waals surface area (Å²) in [7, 11) is 0. The van der Waals surface area contributed by atoms with E-state index in [4.69, 9.17) is 4.74 Å². The molecule has 0 N–H and O–H groups in total. The van der Waals surface area contributed by atoms with E-state index in [1.54, 1.807) is 11.3 Å². The van der Waals surface area contributed by atoms with Crippen LogP contribution in [-0.2, 0) is 11.2 Å². The third-order valence-corrected chi connectivity index (χ3v) is 4.75. The monoisotopic (exact) mass is 330 g/mol. The zero-order valence-electron chi connectivity index (χ0n) is 9.02. The lowest BCUT2D eigenvalue weighted by Gasteiger charge is -2.01. The van der Waals surface area contributed by atoms with Crippen molar-refractivity contribution in [2.24, 2.45) is 0 Å². The first-order valence-corrected chi connectivity index (χ1v) is 7.63. The smallest absolute Gasteiger partial charge is 0.198 e. The number of Topliss-reactive ketones (excluding diaryl/α,β-unsaturated/α-hetero) is 1. The van der Waals surface area contributed by atoms with Crippen LogP contribution < -0.4 is 0 Å². The summed E-state index contributed by atoms with van der Waals surface area (Å²) in [6.07, 6.45) is 0.874. The quantitative estimate of drug-likeness (QED) is 0.590. The van der Waals surface area contributed by atoms with Gasteiger partial charge in [-0.2, -0.15) is 0 Å². The molecule has 2 aromatic heterocycles. The van der Waals surface area contributed by atoms with Crippen LogP contribution in [0.2, 0.25) is 0 Å². The Morgan fingerprint density at radius 3 is 2.88 bits per heavy atom. The molecule has 0 fully saturated rings. The van der Waals surface area contributed by atoms with Gasteiger partial charge in [-0.1, -0.05) is 6.07 Å². The molecule has 0 spiro atoms. The summed E-state index contributed by atoms with van der Waals surface area (Å²) in [6, 6.07) is 7.80. The predicted molar refractivity (Wildman–Crippen MR) is 75.2 cm³/mol. The van der Waals surface area contributed by atoms with Gasteiger partial charge >= 0.3 is 0 Å². The van der Waals surface area contributed by atoms with Gasteiger partial charge in [0.15, 0.2) is 5.78 Å². The van der Waals surface area contributed by atoms with Gasteiger partial charge in [0.1, 0.15) is 6.61 Å². The molecule has 0 aliphatic carbocycles. The molecule has 2 heterocycles. The van der Waals surface area contributed by atoms with E-state index in [9.17, 15) is 4.79 Å². The fraction of sp³-hybridized carbons (Fsp3) is 0.250. The van der Waals surface area contributed by atoms with Gasteiger partial charge in [-0.05, 0) is 39.5 Å². The summed E-state index contributed by atoms with van der Waals surface area (Å²) in [5, 5.41) is 2.05. The van der Waals surface area contributed by atoms with E-state index in [0.717, 1.165) is 15.1 Å². The largest absolute Gasteiger partial charge is 0.373 e. The SMILES string of the molecule is O=C(COCCc1cccs1)c1ccc(Br)s1. The molecule has 17 heavy (non-hydrogen) atoms. The van der Waals surface area contributed by atoms with Crippen LogP contribution in [0.4, 0.5) is 0 Å². The van der Waals surface area contributed by atoms with Crippen LogP contribution in [0.15, 0.2) is 33.4 Å². The van der Waals surface area contributed by atoms with E-state index in [1.807, 2.05) is 23.6 Å². The van der Waals surface area contributed by atoms with Gasteiger partial charge < -0.3 is 4.74 Å². The minimum absolute atomic E-state index is 0.0480. The standard InChI is InChI=1S/C12H11BrO2S2/c13-12-4-3-11(17-12)10(14)8-15-6-5-9-2-1-7-16-9/h1-4,7H,5-6,8H2. The van der Waals surface area contributed by atoms with Crippen molar-refractivity contribution in [3.8, 4) is 0 Å². The predicted octanol–water partition coefficient (Wildman–Crippen LogP) is 4.01. The number of hydrogen-bond acceptors (Lipinski definition) is 4. The van der Waals surface area contributed by atoms with Crippen molar-refractivity contribution in [3.05, 3.63) is 43.2 Å². The molecular formula is C12H11BrO2S2. The summed E-state index contributed by atoms with van der Waals surface area (Å²) >= 11 is 6.49. The highest BCUT2D eigenvalue weighted by atomic mass is 79.9. The van der Waals surface area contributed by atoms with E-state index in [2.05, 4.69) is 22.0 Å². The van der Waals surface area contributed by atoms with E-state index in [0.29, 0.717) is 6.61 Å². The van der Waals surface area contributed by atoms with Gasteiger partial charge in [-0.25, -0.2) is 0 Å². The van der Waals surface area contributed by atoms with Gasteiger partial charge in [0.05, 0.1) is 15.3 Å². The number of ketones is 1. The highest BCUT2D eigenvalue weighted by molar-refractivity contribution is 9.11. The van der Waals surface area contributed by atoms with Crippen LogP contribution in [0.1, 0.15) is 14.5 Å². The van der Waals surface area contributed by atoms with E-state index in [-0.39, 0.29) is 12.4 Å². The van der Waals surface area contributed by atoms with Crippen molar-refractivity contribution in [1.29, 1.82) is 0 Å². The van der Waals surface area contributed by atoms with Crippen LogP contribution in [0.3, 0.4) is 0 Å². The number of ether oxygens (including phenoxy) is 1. The molecule has 0 bridgehead atoms. The Balaban J connectivity index is 1.70. The molecule has 2 rings (SSSR count). The van der Waals surface area contributed by atoms with Gasteiger partial charge in [-0.3, -0.25) is 4.79 Å². The maximum atomic E-state index is 11.7. The van der Waals surface area contributed by atoms with Gasteiger partial charge in [0.2, 0.25) is 0 Å². The molecule has 0 unspecified atom stereocenters. The highest BCUT2D eigenvalue weighted by Gasteiger charge is 2.08. The first-order chi connectivity index (χ1) is 8.25. The average molecular weight is 331 g/mol. The first-order valence-electron chi connectivity index (χ1n) is 5.14. The number of hydrogen-bond donors (Lipinski definition) is 0. The van der Waals surface area contributed by atoms with Crippen molar-refractivity contribution in [1.82, 2.24) is 0 Å². The van der Waals surface area contributed by atoms with Crippen LogP contribution in [0, 0.1) is 0 Å². The summed E-state index contributed by atoms with van der Waals surface area (Å²) in [4.78, 5) is 13.7. The molecule has 90 valence electrons. The van der Waals surface area contributed by atoms with E-state index >= 15 is 0 Å². The zero-order chi connectivity index (χ0) is 12.1. The molecule has 0 saturated heterocycles. The lowest BCUT2D eigenvalue weighted by molar-refractivity contribution is 0.0770. The Labute approximate surface area is 116 Å². The molecule has 0 amide bonds. The summed E-state index contributed by atoms with van der Waals surface area (Å²) < 4.78 is 6.35. The lowest BCUT2D eigenvalue weighted by Crippen LogP contribution is -2.09. The van der Waals surface area contributed by atoms with E-state index < -0.39 is 0 Å². The minimum atomic E-state index is 0.0480.